The van der Waals surface area contributed by atoms with Crippen molar-refractivity contribution in [1.82, 2.24) is 14.6 Å². The van der Waals surface area contributed by atoms with E-state index in [1.54, 1.807) is 10.7 Å². The Morgan fingerprint density at radius 2 is 1.90 bits per heavy atom. The first-order valence-corrected chi connectivity index (χ1v) is 7.39. The molecular weight excluding hydrogens is 262 g/mol. The molecule has 3 aromatic rings. The maximum Gasteiger partial charge on any atom is 0.154 e. The van der Waals surface area contributed by atoms with E-state index >= 15 is 0 Å². The van der Waals surface area contributed by atoms with E-state index < -0.39 is 0 Å². The number of rotatable bonds is 3. The van der Waals surface area contributed by atoms with Crippen molar-refractivity contribution >= 4 is 5.65 Å². The van der Waals surface area contributed by atoms with Crippen LogP contribution in [0.15, 0.2) is 48.9 Å². The number of fused-ring (bicyclic) bond motifs is 1. The van der Waals surface area contributed by atoms with E-state index in [4.69, 9.17) is 0 Å². The molecule has 0 aliphatic heterocycles. The van der Waals surface area contributed by atoms with Crippen molar-refractivity contribution in [1.29, 1.82) is 0 Å². The Kier molecular flexibility index (Phi) is 2.97. The smallest absolute Gasteiger partial charge is 0.154 e. The Bertz CT molecular complexity index is 759. The predicted octanol–water partition coefficient (Wildman–Crippen LogP) is 3.23. The first-order chi connectivity index (χ1) is 10.3. The minimum absolute atomic E-state index is 0.320. The number of hydrogen-bond acceptors (Lipinski definition) is 3. The number of aliphatic hydroxyl groups excluding tert-OH is 1. The Hall–Kier alpha value is -2.20. The summed E-state index contributed by atoms with van der Waals surface area (Å²) >= 11 is 0. The molecule has 2 heterocycles. The van der Waals surface area contributed by atoms with Gasteiger partial charge in [-0.05, 0) is 29.9 Å². The van der Waals surface area contributed by atoms with E-state index in [-0.39, 0.29) is 6.10 Å². The van der Waals surface area contributed by atoms with Gasteiger partial charge in [0.1, 0.15) is 0 Å². The van der Waals surface area contributed by atoms with Crippen molar-refractivity contribution in [3.63, 3.8) is 0 Å². The fourth-order valence-corrected chi connectivity index (χ4v) is 2.86. The highest BCUT2D eigenvalue weighted by Crippen LogP contribution is 2.37. The van der Waals surface area contributed by atoms with Gasteiger partial charge in [0.25, 0.3) is 0 Å². The summed E-state index contributed by atoms with van der Waals surface area (Å²) in [7, 11) is 0. The highest BCUT2D eigenvalue weighted by atomic mass is 16.3. The summed E-state index contributed by atoms with van der Waals surface area (Å²) in [6.45, 7) is 0. The lowest BCUT2D eigenvalue weighted by atomic mass is 9.78. The van der Waals surface area contributed by atoms with Crippen molar-refractivity contribution in [2.45, 2.75) is 25.4 Å². The van der Waals surface area contributed by atoms with Crippen LogP contribution in [0.3, 0.4) is 0 Å². The lowest BCUT2D eigenvalue weighted by Gasteiger charge is -2.30. The molecule has 1 unspecified atom stereocenters. The van der Waals surface area contributed by atoms with Gasteiger partial charge < -0.3 is 5.11 Å². The molecule has 1 aliphatic rings. The fourth-order valence-electron chi connectivity index (χ4n) is 2.86. The summed E-state index contributed by atoms with van der Waals surface area (Å²) < 4.78 is 1.77. The van der Waals surface area contributed by atoms with Crippen LogP contribution in [0, 0.1) is 5.92 Å². The number of hydrogen-bond donors (Lipinski definition) is 1. The zero-order valence-corrected chi connectivity index (χ0v) is 11.7. The molecule has 1 atom stereocenters. The van der Waals surface area contributed by atoms with Crippen LogP contribution in [0.5, 0.6) is 0 Å². The zero-order chi connectivity index (χ0) is 14.2. The van der Waals surface area contributed by atoms with Gasteiger partial charge in [-0.2, -0.15) is 5.10 Å². The lowest BCUT2D eigenvalue weighted by Crippen LogP contribution is -2.19. The second-order valence-corrected chi connectivity index (χ2v) is 5.73. The highest BCUT2D eigenvalue weighted by Gasteiger charge is 2.26. The molecule has 4 heteroatoms. The second kappa shape index (κ2) is 4.97. The molecule has 1 aromatic carbocycles. The van der Waals surface area contributed by atoms with E-state index in [1.165, 1.54) is 6.42 Å². The summed E-state index contributed by atoms with van der Waals surface area (Å²) in [5, 5.41) is 14.5. The van der Waals surface area contributed by atoms with Crippen LogP contribution in [-0.4, -0.2) is 19.7 Å². The fraction of sp³-hybridized carbons (Fsp3) is 0.294. The van der Waals surface area contributed by atoms with Crippen molar-refractivity contribution in [3.05, 3.63) is 54.5 Å². The van der Waals surface area contributed by atoms with Gasteiger partial charge >= 0.3 is 0 Å². The largest absolute Gasteiger partial charge is 0.388 e. The van der Waals surface area contributed by atoms with Crippen LogP contribution in [-0.2, 0) is 0 Å². The molecular formula is C17H17N3O. The number of aliphatic hydroxyl groups is 1. The molecule has 106 valence electrons. The standard InChI is InChI=1S/C17H17N3O/c21-17(13-2-1-3-13)14-6-4-12(5-7-14)15-10-18-16-8-9-19-20(16)11-15/h4-11,13,17,21H,1-3H2. The van der Waals surface area contributed by atoms with Gasteiger partial charge in [-0.25, -0.2) is 9.50 Å². The van der Waals surface area contributed by atoms with Crippen LogP contribution >= 0.6 is 0 Å². The monoisotopic (exact) mass is 279 g/mol. The molecule has 21 heavy (non-hydrogen) atoms. The molecule has 4 rings (SSSR count). The summed E-state index contributed by atoms with van der Waals surface area (Å²) in [6.07, 6.45) is 8.78. The van der Waals surface area contributed by atoms with E-state index in [0.29, 0.717) is 5.92 Å². The van der Waals surface area contributed by atoms with Crippen LogP contribution in [0.25, 0.3) is 16.8 Å². The van der Waals surface area contributed by atoms with Crippen molar-refractivity contribution in [2.75, 3.05) is 0 Å². The molecule has 1 aliphatic carbocycles. The van der Waals surface area contributed by atoms with Crippen LogP contribution in [0.1, 0.15) is 30.9 Å². The van der Waals surface area contributed by atoms with Crippen LogP contribution in [0.2, 0.25) is 0 Å². The molecule has 1 N–H and O–H groups in total. The molecule has 0 amide bonds. The molecule has 0 radical (unpaired) electrons. The van der Waals surface area contributed by atoms with Gasteiger partial charge in [-0.15, -0.1) is 0 Å². The summed E-state index contributed by atoms with van der Waals surface area (Å²) in [4.78, 5) is 4.38. The minimum Gasteiger partial charge on any atom is -0.388 e. The molecule has 0 bridgehead atoms. The SMILES string of the molecule is OC(c1ccc(-c2cnc3ccnn3c2)cc1)C1CCC1. The average molecular weight is 279 g/mol. The molecule has 1 fully saturated rings. The zero-order valence-electron chi connectivity index (χ0n) is 11.7. The van der Waals surface area contributed by atoms with Crippen molar-refractivity contribution in [2.24, 2.45) is 5.92 Å². The minimum atomic E-state index is -0.320. The van der Waals surface area contributed by atoms with E-state index in [1.807, 2.05) is 42.7 Å². The highest BCUT2D eigenvalue weighted by molar-refractivity contribution is 5.63. The quantitative estimate of drug-likeness (QED) is 0.800. The van der Waals surface area contributed by atoms with Gasteiger partial charge in [0.15, 0.2) is 5.65 Å². The van der Waals surface area contributed by atoms with Crippen LogP contribution in [0.4, 0.5) is 0 Å². The van der Waals surface area contributed by atoms with E-state index in [9.17, 15) is 5.11 Å². The first-order valence-electron chi connectivity index (χ1n) is 7.39. The van der Waals surface area contributed by atoms with Crippen molar-refractivity contribution in [3.8, 4) is 11.1 Å². The number of aromatic nitrogens is 3. The number of benzene rings is 1. The predicted molar refractivity (Wildman–Crippen MR) is 80.7 cm³/mol. The molecule has 2 aromatic heterocycles. The average Bonchev–Trinajstić information content (AvgIpc) is 2.93. The third-order valence-electron chi connectivity index (χ3n) is 4.43. The topological polar surface area (TPSA) is 50.4 Å². The molecule has 0 saturated heterocycles. The third-order valence-corrected chi connectivity index (χ3v) is 4.43. The van der Waals surface area contributed by atoms with Gasteiger partial charge in [0.05, 0.1) is 12.3 Å². The Morgan fingerprint density at radius 1 is 1.10 bits per heavy atom. The molecule has 0 spiro atoms. The molecule has 1 saturated carbocycles. The maximum absolute atomic E-state index is 10.3. The second-order valence-electron chi connectivity index (χ2n) is 5.73. The summed E-state index contributed by atoms with van der Waals surface area (Å²) in [5.41, 5.74) is 3.97. The van der Waals surface area contributed by atoms with Crippen molar-refractivity contribution < 1.29 is 5.11 Å². The Morgan fingerprint density at radius 3 is 2.62 bits per heavy atom. The van der Waals surface area contributed by atoms with Gasteiger partial charge in [-0.3, -0.25) is 0 Å². The first kappa shape index (κ1) is 12.5. The number of nitrogens with zero attached hydrogens (tertiary/aromatic N) is 3. The van der Waals surface area contributed by atoms with Gasteiger partial charge in [0, 0.05) is 24.0 Å². The Balaban J connectivity index is 1.62. The van der Waals surface area contributed by atoms with E-state index in [2.05, 4.69) is 10.1 Å². The Labute approximate surface area is 123 Å². The van der Waals surface area contributed by atoms with Crippen LogP contribution < -0.4 is 0 Å². The summed E-state index contributed by atoms with van der Waals surface area (Å²) in [5.74, 6) is 0.443. The normalized spacial score (nSPS) is 16.8. The summed E-state index contributed by atoms with van der Waals surface area (Å²) in [6, 6.07) is 10.0. The van der Waals surface area contributed by atoms with E-state index in [0.717, 1.165) is 35.2 Å². The lowest BCUT2D eigenvalue weighted by molar-refractivity contribution is 0.0621. The van der Waals surface area contributed by atoms with Gasteiger partial charge in [-0.1, -0.05) is 30.7 Å². The van der Waals surface area contributed by atoms with Gasteiger partial charge in [0.2, 0.25) is 0 Å². The molecule has 4 nitrogen and oxygen atoms in total. The maximum atomic E-state index is 10.3. The third kappa shape index (κ3) is 2.21.